The van der Waals surface area contributed by atoms with Gasteiger partial charge < -0.3 is 21.7 Å². The largest absolute Gasteiger partial charge is 0.366 e. The highest BCUT2D eigenvalue weighted by molar-refractivity contribution is 6.57. The van der Waals surface area contributed by atoms with Crippen LogP contribution in [0.15, 0.2) is 0 Å². The van der Waals surface area contributed by atoms with Gasteiger partial charge in [0.25, 0.3) is 0 Å². The Labute approximate surface area is 154 Å². The van der Waals surface area contributed by atoms with Crippen molar-refractivity contribution in [2.45, 2.75) is 63.5 Å². The van der Waals surface area contributed by atoms with E-state index in [-0.39, 0.29) is 0 Å². The first-order valence-corrected chi connectivity index (χ1v) is 9.40. The van der Waals surface area contributed by atoms with Gasteiger partial charge in [0.2, 0.25) is 0 Å². The molecule has 2 aliphatic carbocycles. The Bertz CT molecular complexity index is 396. The number of carbonyl (C=O) groups excluding carboxylic acids is 2. The molecule has 2 rings (SSSR count). The number of rotatable bonds is 5. The van der Waals surface area contributed by atoms with Crippen molar-refractivity contribution in [3.8, 4) is 0 Å². The summed E-state index contributed by atoms with van der Waals surface area (Å²) < 4.78 is 0. The lowest BCUT2D eigenvalue weighted by atomic mass is 9.86. The van der Waals surface area contributed by atoms with E-state index in [0.29, 0.717) is 30.5 Å². The maximum atomic E-state index is 10.5. The highest BCUT2D eigenvalue weighted by atomic mass is 16.1. The first-order chi connectivity index (χ1) is 11.9. The van der Waals surface area contributed by atoms with Crippen LogP contribution in [0.25, 0.3) is 0 Å². The summed E-state index contributed by atoms with van der Waals surface area (Å²) in [6.07, 6.45) is 9.17. The average molecular weight is 346 g/mol. The second-order valence-electron chi connectivity index (χ2n) is 7.28. The molecule has 6 nitrogen and oxygen atoms in total. The van der Waals surface area contributed by atoms with Gasteiger partial charge in [-0.15, -0.1) is 0 Å². The maximum absolute atomic E-state index is 10.5. The first-order valence-electron chi connectivity index (χ1n) is 9.40. The molecule has 0 spiro atoms. The van der Waals surface area contributed by atoms with Gasteiger partial charge in [0, 0.05) is 25.2 Å². The van der Waals surface area contributed by atoms with E-state index in [4.69, 9.17) is 21.4 Å². The van der Waals surface area contributed by atoms with Crippen LogP contribution in [0.4, 0.5) is 9.59 Å². The van der Waals surface area contributed by atoms with E-state index in [1.165, 1.54) is 25.7 Å². The Kier molecular flexibility index (Phi) is 10.9. The molecule has 0 heterocycles. The van der Waals surface area contributed by atoms with E-state index in [1.54, 1.807) is 0 Å². The van der Waals surface area contributed by atoms with E-state index in [0.717, 1.165) is 32.2 Å². The van der Waals surface area contributed by atoms with E-state index >= 15 is 0 Å². The number of carbonyl (C=O) groups is 2. The van der Waals surface area contributed by atoms with Crippen LogP contribution in [0.1, 0.15) is 51.4 Å². The molecular formula is C17H32B2N4O2. The summed E-state index contributed by atoms with van der Waals surface area (Å²) in [5.41, 5.74) is 5.74. The molecule has 0 bridgehead atoms. The fraction of sp³-hybridized carbons (Fsp3) is 0.882. The Hall–Kier alpha value is -1.01. The number of hydrogen-bond acceptors (Lipinski definition) is 4. The molecule has 0 atom stereocenters. The summed E-state index contributed by atoms with van der Waals surface area (Å²) in [6, 6.07) is 1.04. The van der Waals surface area contributed by atoms with Crippen molar-refractivity contribution >= 4 is 27.3 Å². The molecule has 0 aliphatic heterocycles. The van der Waals surface area contributed by atoms with Crippen molar-refractivity contribution in [1.82, 2.24) is 16.0 Å². The third kappa shape index (κ3) is 10.5. The summed E-state index contributed by atoms with van der Waals surface area (Å²) in [5.74, 6) is 0.370. The minimum absolute atomic E-state index is 0.370. The summed E-state index contributed by atoms with van der Waals surface area (Å²) in [6.45, 7) is 1.45. The van der Waals surface area contributed by atoms with Crippen LogP contribution in [0, 0.1) is 11.8 Å². The van der Waals surface area contributed by atoms with E-state index in [2.05, 4.69) is 16.0 Å². The third-order valence-electron chi connectivity index (χ3n) is 5.28. The molecule has 0 aromatic rings. The standard InChI is InChI=1S/C9H17BN2O.C8H15BN2O/c1-11-8-4-2-7(3-5-8)6-12-9(10)13;9-8(12)11-5-6-1-3-7(10)4-2-6/h7-8,11H,2-6H2,1H3,(H,12,13);6-7H,1-5,10H2,(H,11,12). The zero-order valence-electron chi connectivity index (χ0n) is 15.4. The Balaban J connectivity index is 0.000000251. The fourth-order valence-corrected chi connectivity index (χ4v) is 3.54. The molecule has 2 saturated carbocycles. The Morgan fingerprint density at radius 2 is 1.24 bits per heavy atom. The lowest BCUT2D eigenvalue weighted by Gasteiger charge is -2.28. The lowest BCUT2D eigenvalue weighted by Crippen LogP contribution is -2.35. The minimum Gasteiger partial charge on any atom is -0.366 e. The van der Waals surface area contributed by atoms with Gasteiger partial charge in [-0.3, -0.25) is 9.59 Å². The number of amides is 2. The van der Waals surface area contributed by atoms with Crippen LogP contribution >= 0.6 is 0 Å². The summed E-state index contributed by atoms with van der Waals surface area (Å²) >= 11 is 0. The highest BCUT2D eigenvalue weighted by Gasteiger charge is 2.19. The smallest absolute Gasteiger partial charge is 0.200 e. The number of hydrogen-bond donors (Lipinski definition) is 4. The van der Waals surface area contributed by atoms with Gasteiger partial charge in [0.05, 0.1) is 0 Å². The monoisotopic (exact) mass is 346 g/mol. The van der Waals surface area contributed by atoms with Crippen molar-refractivity contribution in [2.24, 2.45) is 17.6 Å². The van der Waals surface area contributed by atoms with E-state index in [1.807, 2.05) is 7.05 Å². The van der Waals surface area contributed by atoms with Gasteiger partial charge in [0.15, 0.2) is 27.3 Å². The zero-order chi connectivity index (χ0) is 18.7. The van der Waals surface area contributed by atoms with E-state index < -0.39 is 11.6 Å². The van der Waals surface area contributed by atoms with Gasteiger partial charge in [0.1, 0.15) is 0 Å². The van der Waals surface area contributed by atoms with Gasteiger partial charge in [-0.05, 0) is 70.3 Å². The Morgan fingerprint density at radius 1 is 0.840 bits per heavy atom. The molecule has 5 N–H and O–H groups in total. The number of nitrogens with one attached hydrogen (secondary N) is 3. The first kappa shape index (κ1) is 22.0. The quantitative estimate of drug-likeness (QED) is 0.559. The second kappa shape index (κ2) is 12.4. The topological polar surface area (TPSA) is 96.2 Å². The van der Waals surface area contributed by atoms with Crippen LogP contribution in [-0.4, -0.2) is 59.5 Å². The third-order valence-corrected chi connectivity index (χ3v) is 5.28. The minimum atomic E-state index is -0.426. The second-order valence-corrected chi connectivity index (χ2v) is 7.28. The van der Waals surface area contributed by atoms with E-state index in [9.17, 15) is 9.59 Å². The lowest BCUT2D eigenvalue weighted by molar-refractivity contribution is 0.251. The molecule has 138 valence electrons. The maximum Gasteiger partial charge on any atom is 0.200 e. The van der Waals surface area contributed by atoms with Crippen molar-refractivity contribution in [3.63, 3.8) is 0 Å². The van der Waals surface area contributed by atoms with Gasteiger partial charge in [-0.1, -0.05) is 0 Å². The molecule has 8 heteroatoms. The molecular weight excluding hydrogens is 314 g/mol. The molecule has 2 amide bonds. The van der Waals surface area contributed by atoms with Crippen LogP contribution in [0.5, 0.6) is 0 Å². The van der Waals surface area contributed by atoms with Crippen molar-refractivity contribution in [3.05, 3.63) is 0 Å². The average Bonchev–Trinajstić information content (AvgIpc) is 2.60. The summed E-state index contributed by atoms with van der Waals surface area (Å²) in [4.78, 5) is 20.9. The van der Waals surface area contributed by atoms with Crippen LogP contribution < -0.4 is 21.7 Å². The molecule has 0 aromatic carbocycles. The van der Waals surface area contributed by atoms with Crippen LogP contribution in [0.2, 0.25) is 0 Å². The summed E-state index contributed by atoms with van der Waals surface area (Å²) in [7, 11) is 12.0. The van der Waals surface area contributed by atoms with Crippen molar-refractivity contribution < 1.29 is 9.59 Å². The summed E-state index contributed by atoms with van der Waals surface area (Å²) in [5, 5.41) is 8.57. The predicted octanol–water partition coefficient (Wildman–Crippen LogP) is 1.02. The van der Waals surface area contributed by atoms with Crippen molar-refractivity contribution in [1.29, 1.82) is 0 Å². The van der Waals surface area contributed by atoms with Crippen LogP contribution in [-0.2, 0) is 0 Å². The molecule has 25 heavy (non-hydrogen) atoms. The predicted molar refractivity (Wildman–Crippen MR) is 103 cm³/mol. The Morgan fingerprint density at radius 3 is 1.60 bits per heavy atom. The molecule has 0 saturated heterocycles. The normalized spacial score (nSPS) is 29.0. The van der Waals surface area contributed by atoms with Gasteiger partial charge in [-0.2, -0.15) is 0 Å². The van der Waals surface area contributed by atoms with Gasteiger partial charge in [-0.25, -0.2) is 0 Å². The molecule has 2 aliphatic rings. The fourth-order valence-electron chi connectivity index (χ4n) is 3.54. The van der Waals surface area contributed by atoms with Crippen LogP contribution in [0.3, 0.4) is 0 Å². The number of nitrogens with two attached hydrogens (primary N) is 1. The SMILES string of the molecule is [B]C(=O)NCC1CCC(N)CC1.[B]C(=O)NCC1CCC(NC)CC1. The molecule has 0 unspecified atom stereocenters. The van der Waals surface area contributed by atoms with Gasteiger partial charge >= 0.3 is 0 Å². The molecule has 4 radical (unpaired) electrons. The highest BCUT2D eigenvalue weighted by Crippen LogP contribution is 2.23. The zero-order valence-corrected chi connectivity index (χ0v) is 15.4. The molecule has 0 aromatic heterocycles. The van der Waals surface area contributed by atoms with Crippen molar-refractivity contribution in [2.75, 3.05) is 20.1 Å². The molecule has 2 fully saturated rings.